The maximum absolute atomic E-state index is 9.68. The zero-order valence-corrected chi connectivity index (χ0v) is 17.9. The van der Waals surface area contributed by atoms with Crippen molar-refractivity contribution in [2.45, 2.75) is 32.9 Å². The van der Waals surface area contributed by atoms with Gasteiger partial charge in [-0.15, -0.1) is 0 Å². The fraction of sp³-hybridized carbons (Fsp3) is 0.174. The number of nitrogens with one attached hydrogen (secondary N) is 1. The molecular weight excluding hydrogens is 394 g/mol. The summed E-state index contributed by atoms with van der Waals surface area (Å²) in [5.74, 6) is 1.25. The van der Waals surface area contributed by atoms with Crippen molar-refractivity contribution in [3.8, 4) is 18.0 Å². The van der Waals surface area contributed by atoms with E-state index in [2.05, 4.69) is 22.1 Å². The molecule has 0 saturated heterocycles. The fourth-order valence-electron chi connectivity index (χ4n) is 3.45. The van der Waals surface area contributed by atoms with Crippen LogP contribution >= 0.6 is 11.8 Å². The number of aromatic nitrogens is 3. The Morgan fingerprint density at radius 1 is 1.20 bits per heavy atom. The van der Waals surface area contributed by atoms with Crippen molar-refractivity contribution in [3.05, 3.63) is 69.1 Å². The first-order valence-electron chi connectivity index (χ1n) is 9.36. The Morgan fingerprint density at radius 3 is 2.67 bits per heavy atom. The molecular formula is C23H19N5OS. The van der Waals surface area contributed by atoms with Gasteiger partial charge in [0.05, 0.1) is 15.9 Å². The molecule has 1 N–H and O–H groups in total. The molecule has 3 heterocycles. The number of aromatic amines is 1. The standard InChI is InChI=1S/C23H19N5OS/c1-13-9-17(15(3)28(13)22-19(12-25)14(2)16(4)29-22)10-18(11-24)30-23-26-20-7-5-6-8-21(20)27-23/h5-10H,1-4H3,(H,26,27)/b18-10+. The molecule has 1 aromatic carbocycles. The summed E-state index contributed by atoms with van der Waals surface area (Å²) in [7, 11) is 0. The van der Waals surface area contributed by atoms with Gasteiger partial charge in [-0.25, -0.2) is 4.98 Å². The largest absolute Gasteiger partial charge is 0.443 e. The molecule has 0 radical (unpaired) electrons. The highest BCUT2D eigenvalue weighted by Crippen LogP contribution is 2.32. The van der Waals surface area contributed by atoms with Crippen LogP contribution < -0.4 is 0 Å². The summed E-state index contributed by atoms with van der Waals surface area (Å²) in [4.78, 5) is 8.28. The Balaban J connectivity index is 1.73. The van der Waals surface area contributed by atoms with E-state index in [1.807, 2.05) is 68.7 Å². The van der Waals surface area contributed by atoms with E-state index in [9.17, 15) is 10.5 Å². The Labute approximate surface area is 178 Å². The Bertz CT molecular complexity index is 1350. The number of hydrogen-bond donors (Lipinski definition) is 1. The number of H-pyrrole nitrogens is 1. The highest BCUT2D eigenvalue weighted by Gasteiger charge is 2.20. The average Bonchev–Trinajstić information content (AvgIpc) is 3.35. The van der Waals surface area contributed by atoms with Gasteiger partial charge in [-0.3, -0.25) is 4.57 Å². The quantitative estimate of drug-likeness (QED) is 0.342. The van der Waals surface area contributed by atoms with Crippen LogP contribution in [0.15, 0.2) is 44.8 Å². The minimum Gasteiger partial charge on any atom is -0.443 e. The van der Waals surface area contributed by atoms with Gasteiger partial charge in [0.2, 0.25) is 5.88 Å². The van der Waals surface area contributed by atoms with E-state index >= 15 is 0 Å². The molecule has 0 atom stereocenters. The third kappa shape index (κ3) is 3.30. The van der Waals surface area contributed by atoms with Gasteiger partial charge < -0.3 is 9.40 Å². The third-order valence-corrected chi connectivity index (χ3v) is 5.94. The van der Waals surface area contributed by atoms with Crippen LogP contribution in [0.5, 0.6) is 0 Å². The van der Waals surface area contributed by atoms with Gasteiger partial charge in [-0.05, 0) is 69.3 Å². The van der Waals surface area contributed by atoms with Crippen molar-refractivity contribution >= 4 is 28.9 Å². The van der Waals surface area contributed by atoms with Crippen LogP contribution in [-0.2, 0) is 0 Å². The fourth-order valence-corrected chi connectivity index (χ4v) is 4.20. The van der Waals surface area contributed by atoms with Crippen LogP contribution in [0.3, 0.4) is 0 Å². The summed E-state index contributed by atoms with van der Waals surface area (Å²) in [5.41, 5.74) is 5.89. The van der Waals surface area contributed by atoms with E-state index in [-0.39, 0.29) is 0 Å². The lowest BCUT2D eigenvalue weighted by Gasteiger charge is -2.06. The van der Waals surface area contributed by atoms with Crippen LogP contribution in [-0.4, -0.2) is 14.5 Å². The van der Waals surface area contributed by atoms with Crippen LogP contribution in [0.25, 0.3) is 23.0 Å². The van der Waals surface area contributed by atoms with E-state index in [1.54, 1.807) is 0 Å². The van der Waals surface area contributed by atoms with Crippen LogP contribution in [0.4, 0.5) is 0 Å². The van der Waals surface area contributed by atoms with Gasteiger partial charge in [0, 0.05) is 17.0 Å². The second-order valence-electron chi connectivity index (χ2n) is 7.02. The summed E-state index contributed by atoms with van der Waals surface area (Å²) < 4.78 is 7.81. The molecule has 0 amide bonds. The number of para-hydroxylation sites is 2. The maximum atomic E-state index is 9.68. The molecule has 0 aliphatic rings. The lowest BCUT2D eigenvalue weighted by Crippen LogP contribution is -2.00. The number of fused-ring (bicyclic) bond motifs is 1. The lowest BCUT2D eigenvalue weighted by molar-refractivity contribution is 0.503. The Kier molecular flexibility index (Phi) is 4.99. The molecule has 3 aromatic heterocycles. The van der Waals surface area contributed by atoms with Crippen molar-refractivity contribution in [3.63, 3.8) is 0 Å². The van der Waals surface area contributed by atoms with Gasteiger partial charge in [0.1, 0.15) is 23.5 Å². The molecule has 0 spiro atoms. The number of furan rings is 1. The number of aryl methyl sites for hydroxylation is 2. The minimum absolute atomic E-state index is 0.515. The third-order valence-electron chi connectivity index (χ3n) is 5.12. The topological polar surface area (TPSA) is 94.3 Å². The number of thioether (sulfide) groups is 1. The van der Waals surface area contributed by atoms with E-state index in [0.29, 0.717) is 21.5 Å². The van der Waals surface area contributed by atoms with E-state index in [0.717, 1.165) is 39.3 Å². The van der Waals surface area contributed by atoms with Crippen molar-refractivity contribution in [1.82, 2.24) is 14.5 Å². The molecule has 30 heavy (non-hydrogen) atoms. The zero-order valence-electron chi connectivity index (χ0n) is 17.1. The first kappa shape index (κ1) is 19.6. The molecule has 0 fully saturated rings. The van der Waals surface area contributed by atoms with Crippen molar-refractivity contribution in [2.75, 3.05) is 0 Å². The van der Waals surface area contributed by atoms with Gasteiger partial charge >= 0.3 is 0 Å². The highest BCUT2D eigenvalue weighted by molar-refractivity contribution is 8.03. The van der Waals surface area contributed by atoms with Crippen LogP contribution in [0.1, 0.15) is 33.8 Å². The number of rotatable bonds is 4. The van der Waals surface area contributed by atoms with Gasteiger partial charge in [0.15, 0.2) is 5.16 Å². The highest BCUT2D eigenvalue weighted by atomic mass is 32.2. The maximum Gasteiger partial charge on any atom is 0.222 e. The number of imidazole rings is 1. The van der Waals surface area contributed by atoms with Crippen LogP contribution in [0.2, 0.25) is 0 Å². The second kappa shape index (κ2) is 7.62. The summed E-state index contributed by atoms with van der Waals surface area (Å²) in [6, 6.07) is 14.2. The molecule has 6 nitrogen and oxygen atoms in total. The van der Waals surface area contributed by atoms with Gasteiger partial charge in [0.25, 0.3) is 0 Å². The summed E-state index contributed by atoms with van der Waals surface area (Å²) in [6.45, 7) is 7.64. The van der Waals surface area contributed by atoms with Gasteiger partial charge in [-0.2, -0.15) is 10.5 Å². The van der Waals surface area contributed by atoms with E-state index in [4.69, 9.17) is 4.42 Å². The number of allylic oxidation sites excluding steroid dienone is 1. The monoisotopic (exact) mass is 413 g/mol. The predicted molar refractivity (Wildman–Crippen MR) is 117 cm³/mol. The van der Waals surface area contributed by atoms with E-state index in [1.165, 1.54) is 11.8 Å². The van der Waals surface area contributed by atoms with Gasteiger partial charge in [-0.1, -0.05) is 12.1 Å². The smallest absolute Gasteiger partial charge is 0.222 e. The second-order valence-corrected chi connectivity index (χ2v) is 8.05. The van der Waals surface area contributed by atoms with Crippen molar-refractivity contribution < 1.29 is 4.42 Å². The number of nitrogens with zero attached hydrogens (tertiary/aromatic N) is 4. The summed E-state index contributed by atoms with van der Waals surface area (Å²) in [6.07, 6.45) is 1.84. The molecule has 148 valence electrons. The minimum atomic E-state index is 0.515. The Morgan fingerprint density at radius 2 is 1.97 bits per heavy atom. The first-order chi connectivity index (χ1) is 14.4. The number of nitriles is 2. The molecule has 0 unspecified atom stereocenters. The summed E-state index contributed by atoms with van der Waals surface area (Å²) in [5, 5.41) is 19.9. The van der Waals surface area contributed by atoms with Crippen LogP contribution in [0, 0.1) is 50.4 Å². The molecule has 0 bridgehead atoms. The lowest BCUT2D eigenvalue weighted by atomic mass is 10.2. The molecule has 4 aromatic rings. The first-order valence-corrected chi connectivity index (χ1v) is 10.2. The number of hydrogen-bond acceptors (Lipinski definition) is 5. The Hall–Kier alpha value is -3.68. The predicted octanol–water partition coefficient (Wildman–Crippen LogP) is 5.71. The average molecular weight is 414 g/mol. The molecule has 0 saturated carbocycles. The van der Waals surface area contributed by atoms with E-state index < -0.39 is 0 Å². The molecule has 0 aliphatic heterocycles. The normalized spacial score (nSPS) is 11.6. The summed E-state index contributed by atoms with van der Waals surface area (Å²) >= 11 is 1.29. The SMILES string of the molecule is Cc1oc(-n2c(C)cc(/C=C(\C#N)Sc3nc4ccccc4[nH]3)c2C)c(C#N)c1C. The molecule has 7 heteroatoms. The number of benzene rings is 1. The van der Waals surface area contributed by atoms with Crippen molar-refractivity contribution in [1.29, 1.82) is 10.5 Å². The molecule has 0 aliphatic carbocycles. The van der Waals surface area contributed by atoms with Crippen molar-refractivity contribution in [2.24, 2.45) is 0 Å². The molecule has 4 rings (SSSR count). The zero-order chi connectivity index (χ0) is 21.4.